The number of hydrogen-bond acceptors (Lipinski definition) is 4. The van der Waals surface area contributed by atoms with Crippen LogP contribution in [0.5, 0.6) is 0 Å². The normalized spacial score (nSPS) is 36.2. The zero-order valence-electron chi connectivity index (χ0n) is 6.93. The summed E-state index contributed by atoms with van der Waals surface area (Å²) in [6.07, 6.45) is 2.47. The van der Waals surface area contributed by atoms with E-state index in [0.717, 1.165) is 6.42 Å². The minimum absolute atomic E-state index is 0.195. The van der Waals surface area contributed by atoms with Gasteiger partial charge in [0, 0.05) is 6.42 Å². The van der Waals surface area contributed by atoms with E-state index in [2.05, 4.69) is 0 Å². The molecule has 1 aliphatic carbocycles. The number of aliphatic carboxylic acids is 1. The Balaban J connectivity index is 1.81. The van der Waals surface area contributed by atoms with Gasteiger partial charge in [0.1, 0.15) is 6.10 Å². The van der Waals surface area contributed by atoms with Crippen molar-refractivity contribution < 1.29 is 24.2 Å². The molecule has 0 aromatic carbocycles. The molecular weight excluding hydrogens is 176 g/mol. The summed E-state index contributed by atoms with van der Waals surface area (Å²) in [6.45, 7) is 0. The molecule has 72 valence electrons. The van der Waals surface area contributed by atoms with Crippen LogP contribution in [0.2, 0.25) is 0 Å². The fraction of sp³-hybridized carbons (Fsp3) is 0.750. The van der Waals surface area contributed by atoms with Gasteiger partial charge in [0.2, 0.25) is 0 Å². The van der Waals surface area contributed by atoms with Crippen LogP contribution in [0.15, 0.2) is 0 Å². The number of hydrogen-bond donors (Lipinski definition) is 1. The van der Waals surface area contributed by atoms with Gasteiger partial charge < -0.3 is 14.6 Å². The highest BCUT2D eigenvalue weighted by atomic mass is 16.6. The van der Waals surface area contributed by atoms with E-state index in [-0.39, 0.29) is 12.2 Å². The number of esters is 1. The Labute approximate surface area is 74.6 Å². The quantitative estimate of drug-likeness (QED) is 0.352. The Morgan fingerprint density at radius 1 is 1.31 bits per heavy atom. The van der Waals surface area contributed by atoms with Crippen LogP contribution in [0.25, 0.3) is 0 Å². The van der Waals surface area contributed by atoms with Crippen LogP contribution in [-0.2, 0) is 19.1 Å². The van der Waals surface area contributed by atoms with Gasteiger partial charge in [-0.25, -0.2) is 9.59 Å². The second-order valence-corrected chi connectivity index (χ2v) is 3.36. The highest BCUT2D eigenvalue weighted by Gasteiger charge is 2.45. The first-order valence-electron chi connectivity index (χ1n) is 4.26. The van der Waals surface area contributed by atoms with Crippen molar-refractivity contribution in [1.82, 2.24) is 0 Å². The lowest BCUT2D eigenvalue weighted by molar-refractivity contribution is -0.168. The lowest BCUT2D eigenvalue weighted by Gasteiger charge is -2.17. The summed E-state index contributed by atoms with van der Waals surface area (Å²) < 4.78 is 9.94. The van der Waals surface area contributed by atoms with E-state index in [4.69, 9.17) is 14.6 Å². The van der Waals surface area contributed by atoms with Gasteiger partial charge in [-0.1, -0.05) is 0 Å². The van der Waals surface area contributed by atoms with E-state index in [9.17, 15) is 9.59 Å². The molecule has 13 heavy (non-hydrogen) atoms. The summed E-state index contributed by atoms with van der Waals surface area (Å²) in [6, 6.07) is 0. The van der Waals surface area contributed by atoms with E-state index >= 15 is 0 Å². The molecule has 0 aromatic rings. The molecule has 2 fully saturated rings. The van der Waals surface area contributed by atoms with E-state index in [1.807, 2.05) is 0 Å². The van der Waals surface area contributed by atoms with Crippen LogP contribution >= 0.6 is 0 Å². The van der Waals surface area contributed by atoms with Crippen LogP contribution in [0.3, 0.4) is 0 Å². The van der Waals surface area contributed by atoms with Crippen molar-refractivity contribution in [1.29, 1.82) is 0 Å². The first-order chi connectivity index (χ1) is 6.16. The Hall–Kier alpha value is -1.10. The van der Waals surface area contributed by atoms with Gasteiger partial charge in [-0.2, -0.15) is 0 Å². The van der Waals surface area contributed by atoms with E-state index in [1.54, 1.807) is 0 Å². The van der Waals surface area contributed by atoms with Crippen LogP contribution in [0.4, 0.5) is 0 Å². The molecule has 3 unspecified atom stereocenters. The predicted molar refractivity (Wildman–Crippen MR) is 40.0 cm³/mol. The molecule has 0 amide bonds. The molecule has 0 radical (unpaired) electrons. The van der Waals surface area contributed by atoms with E-state index < -0.39 is 11.9 Å². The number of carbonyl (C=O) groups excluding carboxylic acids is 1. The topological polar surface area (TPSA) is 76.1 Å². The number of fused-ring (bicyclic) bond motifs is 1. The van der Waals surface area contributed by atoms with Crippen LogP contribution < -0.4 is 0 Å². The zero-order chi connectivity index (χ0) is 9.42. The van der Waals surface area contributed by atoms with Crippen LogP contribution in [0, 0.1) is 0 Å². The van der Waals surface area contributed by atoms with Crippen molar-refractivity contribution in [3.8, 4) is 0 Å². The lowest BCUT2D eigenvalue weighted by atomic mass is 9.98. The molecule has 1 saturated carbocycles. The largest absolute Gasteiger partial charge is 0.473 e. The molecule has 1 aliphatic heterocycles. The summed E-state index contributed by atoms with van der Waals surface area (Å²) in [5.74, 6) is -2.69. The molecule has 1 N–H and O–H groups in total. The lowest BCUT2D eigenvalue weighted by Crippen LogP contribution is -2.28. The Morgan fingerprint density at radius 3 is 2.69 bits per heavy atom. The third-order valence-corrected chi connectivity index (χ3v) is 2.40. The fourth-order valence-corrected chi connectivity index (χ4v) is 1.68. The first kappa shape index (κ1) is 8.50. The van der Waals surface area contributed by atoms with Crippen molar-refractivity contribution in [2.24, 2.45) is 0 Å². The Morgan fingerprint density at radius 2 is 2.08 bits per heavy atom. The molecule has 5 nitrogen and oxygen atoms in total. The monoisotopic (exact) mass is 186 g/mol. The molecule has 1 heterocycles. The van der Waals surface area contributed by atoms with Crippen molar-refractivity contribution in [3.63, 3.8) is 0 Å². The molecule has 2 rings (SSSR count). The highest BCUT2D eigenvalue weighted by Crippen LogP contribution is 2.37. The summed E-state index contributed by atoms with van der Waals surface area (Å²) >= 11 is 0. The van der Waals surface area contributed by atoms with Gasteiger partial charge in [-0.15, -0.1) is 0 Å². The van der Waals surface area contributed by atoms with Gasteiger partial charge in [-0.3, -0.25) is 0 Å². The molecule has 2 aliphatic rings. The molecule has 0 bridgehead atoms. The number of ether oxygens (including phenoxy) is 2. The number of carbonyl (C=O) groups is 2. The number of rotatable bonds is 1. The standard InChI is InChI=1S/C8H10O5/c9-7(10)8(11)12-4-1-2-5-6(3-4)13-5/h4-6H,1-3H2,(H,9,10). The molecule has 3 atom stereocenters. The third-order valence-electron chi connectivity index (χ3n) is 2.40. The third kappa shape index (κ3) is 1.80. The zero-order valence-corrected chi connectivity index (χ0v) is 6.93. The van der Waals surface area contributed by atoms with Gasteiger partial charge in [-0.05, 0) is 12.8 Å². The number of epoxide rings is 1. The SMILES string of the molecule is O=C(O)C(=O)OC1CCC2OC2C1. The summed E-state index contributed by atoms with van der Waals surface area (Å²) in [4.78, 5) is 20.8. The molecule has 1 saturated heterocycles. The maximum Gasteiger partial charge on any atom is 0.417 e. The van der Waals surface area contributed by atoms with Gasteiger partial charge in [0.25, 0.3) is 0 Å². The van der Waals surface area contributed by atoms with Gasteiger partial charge >= 0.3 is 11.9 Å². The van der Waals surface area contributed by atoms with Crippen LogP contribution in [0.1, 0.15) is 19.3 Å². The smallest absolute Gasteiger partial charge is 0.417 e. The maximum atomic E-state index is 10.7. The molecule has 0 spiro atoms. The van der Waals surface area contributed by atoms with Crippen LogP contribution in [-0.4, -0.2) is 35.4 Å². The molecular formula is C8H10O5. The van der Waals surface area contributed by atoms with Crippen molar-refractivity contribution >= 4 is 11.9 Å². The van der Waals surface area contributed by atoms with Crippen molar-refractivity contribution in [3.05, 3.63) is 0 Å². The minimum Gasteiger partial charge on any atom is -0.473 e. The first-order valence-corrected chi connectivity index (χ1v) is 4.26. The Kier molecular flexibility index (Phi) is 1.95. The van der Waals surface area contributed by atoms with Crippen molar-refractivity contribution in [2.45, 2.75) is 37.6 Å². The second-order valence-electron chi connectivity index (χ2n) is 3.36. The average molecular weight is 186 g/mol. The van der Waals surface area contributed by atoms with E-state index in [1.165, 1.54) is 0 Å². The van der Waals surface area contributed by atoms with E-state index in [0.29, 0.717) is 18.9 Å². The Bertz CT molecular complexity index is 249. The second kappa shape index (κ2) is 2.99. The summed E-state index contributed by atoms with van der Waals surface area (Å²) in [5, 5.41) is 8.28. The predicted octanol–water partition coefficient (Wildman–Crippen LogP) is -0.0659. The molecule has 5 heteroatoms. The molecule has 0 aromatic heterocycles. The highest BCUT2D eigenvalue weighted by molar-refractivity contribution is 6.28. The summed E-state index contributed by atoms with van der Waals surface area (Å²) in [5.41, 5.74) is 0. The number of carboxylic acid groups (broad SMARTS) is 1. The summed E-state index contributed by atoms with van der Waals surface area (Å²) in [7, 11) is 0. The van der Waals surface area contributed by atoms with Gasteiger partial charge in [0.05, 0.1) is 12.2 Å². The fourth-order valence-electron chi connectivity index (χ4n) is 1.68. The maximum absolute atomic E-state index is 10.7. The minimum atomic E-state index is -1.53. The van der Waals surface area contributed by atoms with Gasteiger partial charge in [0.15, 0.2) is 0 Å². The van der Waals surface area contributed by atoms with Crippen molar-refractivity contribution in [2.75, 3.05) is 0 Å². The average Bonchev–Trinajstić information content (AvgIpc) is 2.81. The number of carboxylic acids is 1.